The van der Waals surface area contributed by atoms with Crippen molar-refractivity contribution in [1.29, 1.82) is 0 Å². The summed E-state index contributed by atoms with van der Waals surface area (Å²) in [7, 11) is -4.69. The highest BCUT2D eigenvalue weighted by molar-refractivity contribution is 7.15. The second-order valence-corrected chi connectivity index (χ2v) is 6.59. The molecule has 1 heterocycles. The molecule has 1 aromatic carbocycles. The molecule has 0 atom stereocenters. The molecule has 0 radical (unpaired) electrons. The molecule has 1 N–H and O–H groups in total. The second kappa shape index (κ2) is 7.31. The molecule has 1 aliphatic carbocycles. The van der Waals surface area contributed by atoms with Crippen molar-refractivity contribution in [3.05, 3.63) is 40.9 Å². The summed E-state index contributed by atoms with van der Waals surface area (Å²) in [5, 5.41) is 1.20. The van der Waals surface area contributed by atoms with E-state index in [1.54, 1.807) is 0 Å². The van der Waals surface area contributed by atoms with Crippen molar-refractivity contribution in [1.82, 2.24) is 4.98 Å². The van der Waals surface area contributed by atoms with Crippen molar-refractivity contribution < 1.29 is 28.9 Å². The maximum atomic E-state index is 8.60. The van der Waals surface area contributed by atoms with Crippen LogP contribution in [-0.4, -0.2) is 9.64 Å². The first-order valence-electron chi connectivity index (χ1n) is 6.61. The van der Waals surface area contributed by atoms with Gasteiger partial charge in [-0.05, 0) is 25.7 Å². The molecule has 2 aromatic rings. The van der Waals surface area contributed by atoms with Crippen LogP contribution in [0.2, 0.25) is 0 Å². The Labute approximate surface area is 129 Å². The molecule has 1 aromatic heterocycles. The third-order valence-corrected chi connectivity index (χ3v) is 4.32. The molecule has 3 rings (SSSR count). The van der Waals surface area contributed by atoms with Gasteiger partial charge in [-0.25, -0.2) is 4.98 Å². The zero-order valence-electron chi connectivity index (χ0n) is 11.3. The highest BCUT2D eigenvalue weighted by Crippen LogP contribution is 2.31. The molecule has 7 heteroatoms. The normalized spacial score (nSPS) is 14.7. The molecule has 0 spiro atoms. The lowest BCUT2D eigenvalue weighted by molar-refractivity contribution is -1.92. The lowest BCUT2D eigenvalue weighted by atomic mass is 10.2. The number of fused-ring (bicyclic) bond motifs is 1. The summed E-state index contributed by atoms with van der Waals surface area (Å²) in [4.78, 5) is 6.32. The Morgan fingerprint density at radius 3 is 2.29 bits per heavy atom. The fourth-order valence-corrected chi connectivity index (χ4v) is 3.39. The smallest absolute Gasteiger partial charge is 0.123 e. The van der Waals surface area contributed by atoms with E-state index in [0.29, 0.717) is 0 Å². The molecule has 0 amide bonds. The zero-order valence-corrected chi connectivity index (χ0v) is 12.9. The van der Waals surface area contributed by atoms with E-state index in [0.717, 1.165) is 0 Å². The van der Waals surface area contributed by atoms with Gasteiger partial charge >= 0.3 is 0 Å². The summed E-state index contributed by atoms with van der Waals surface area (Å²) in [6, 6.07) is 10.5. The van der Waals surface area contributed by atoms with Crippen molar-refractivity contribution in [2.45, 2.75) is 32.1 Å². The van der Waals surface area contributed by atoms with Gasteiger partial charge in [0.2, 0.25) is 0 Å². The minimum atomic E-state index is -4.69. The van der Waals surface area contributed by atoms with Gasteiger partial charge in [-0.3, -0.25) is 0 Å². The summed E-state index contributed by atoms with van der Waals surface area (Å²) < 4.78 is 32.7. The number of hydrogen-bond acceptors (Lipinski definition) is 6. The van der Waals surface area contributed by atoms with Crippen LogP contribution in [0.1, 0.15) is 29.8 Å². The van der Waals surface area contributed by atoms with Gasteiger partial charge in [0.05, 0.1) is 20.6 Å². The lowest BCUT2D eigenvalue weighted by Gasteiger charge is -2.03. The van der Waals surface area contributed by atoms with Crippen LogP contribution in [0.3, 0.4) is 0 Å². The Hall–Kier alpha value is -1.02. The van der Waals surface area contributed by atoms with E-state index in [1.807, 2.05) is 11.3 Å². The molecule has 5 nitrogen and oxygen atoms in total. The highest BCUT2D eigenvalue weighted by atomic mass is 35.7. The maximum Gasteiger partial charge on any atom is 0.123 e. The average molecular weight is 330 g/mol. The molecular formula is C14H16ClNO4S. The number of rotatable bonds is 1. The van der Waals surface area contributed by atoms with Gasteiger partial charge in [0, 0.05) is 10.4 Å². The van der Waals surface area contributed by atoms with Gasteiger partial charge < -0.3 is 0 Å². The van der Waals surface area contributed by atoms with Crippen LogP contribution >= 0.6 is 11.3 Å². The van der Waals surface area contributed by atoms with Crippen LogP contribution in [-0.2, 0) is 12.8 Å². The predicted octanol–water partition coefficient (Wildman–Crippen LogP) is -0.0450. The van der Waals surface area contributed by atoms with Crippen molar-refractivity contribution in [2.24, 2.45) is 0 Å². The van der Waals surface area contributed by atoms with Crippen molar-refractivity contribution >= 4 is 11.3 Å². The molecule has 0 unspecified atom stereocenters. The summed E-state index contributed by atoms with van der Waals surface area (Å²) >= 11 is 1.89. The zero-order chi connectivity index (χ0) is 15.3. The minimum Gasteiger partial charge on any atom is -0.241 e. The van der Waals surface area contributed by atoms with E-state index in [9.17, 15) is 0 Å². The van der Waals surface area contributed by atoms with E-state index in [-0.39, 0.29) is 0 Å². The van der Waals surface area contributed by atoms with Crippen LogP contribution < -0.4 is 14.0 Å². The van der Waals surface area contributed by atoms with Crippen LogP contribution in [0.25, 0.3) is 10.6 Å². The second-order valence-electron chi connectivity index (χ2n) is 4.71. The highest BCUT2D eigenvalue weighted by Gasteiger charge is 2.14. The van der Waals surface area contributed by atoms with E-state index in [2.05, 4.69) is 30.3 Å². The first-order valence-corrected chi connectivity index (χ1v) is 8.69. The maximum absolute atomic E-state index is 8.60. The first-order chi connectivity index (χ1) is 9.93. The molecule has 114 valence electrons. The standard InChI is InChI=1S/C14H15NS.ClHO4/c1-3-7-11(8-4-1)14-15-12-9-5-2-6-10-13(12)16-14;2-1(3,4)5/h1,3-4,7-8H,2,5-6,9-10H2;(H,2,3,4,5). The average Bonchev–Trinajstić information content (AvgIpc) is 2.69. The molecule has 0 saturated carbocycles. The quantitative estimate of drug-likeness (QED) is 0.739. The Bertz CT molecular complexity index is 539. The third kappa shape index (κ3) is 5.70. The van der Waals surface area contributed by atoms with Gasteiger partial charge in [0.1, 0.15) is 5.01 Å². The molecule has 0 fully saturated rings. The van der Waals surface area contributed by atoms with E-state index < -0.39 is 10.2 Å². The molecule has 0 saturated heterocycles. The van der Waals surface area contributed by atoms with Crippen molar-refractivity contribution in [3.63, 3.8) is 0 Å². The molecule has 21 heavy (non-hydrogen) atoms. The lowest BCUT2D eigenvalue weighted by Crippen LogP contribution is -2.58. The number of halogens is 1. The number of thiazole rings is 1. The van der Waals surface area contributed by atoms with Crippen molar-refractivity contribution in [3.8, 4) is 10.6 Å². The Balaban J connectivity index is 0.000000282. The number of nitrogens with zero attached hydrogens (tertiary/aromatic N) is 1. The minimum absolute atomic E-state index is 1.18. The fraction of sp³-hybridized carbons (Fsp3) is 0.357. The van der Waals surface area contributed by atoms with E-state index in [1.165, 1.54) is 53.2 Å². The van der Waals surface area contributed by atoms with Crippen LogP contribution in [0.5, 0.6) is 0 Å². The Morgan fingerprint density at radius 2 is 1.62 bits per heavy atom. The number of aryl methyl sites for hydroxylation is 2. The summed E-state index contributed by atoms with van der Waals surface area (Å²) in [5.74, 6) is 0. The van der Waals surface area contributed by atoms with Gasteiger partial charge in [-0.15, -0.1) is 11.3 Å². The molecule has 0 aliphatic heterocycles. The largest absolute Gasteiger partial charge is 0.241 e. The summed E-state index contributed by atoms with van der Waals surface area (Å²) in [6.45, 7) is 0. The SMILES string of the molecule is [O-][Cl+3]([O-])([O-])O.c1ccc(-c2nc3c(s2)CCCCC3)cc1. The van der Waals surface area contributed by atoms with Gasteiger partial charge in [0.15, 0.2) is 0 Å². The van der Waals surface area contributed by atoms with Gasteiger partial charge in [0.25, 0.3) is 0 Å². The molecule has 1 aliphatic rings. The van der Waals surface area contributed by atoms with E-state index in [4.69, 9.17) is 23.6 Å². The number of aromatic nitrogens is 1. The Morgan fingerprint density at radius 1 is 1.00 bits per heavy atom. The van der Waals surface area contributed by atoms with E-state index >= 15 is 0 Å². The third-order valence-electron chi connectivity index (χ3n) is 3.12. The topological polar surface area (TPSA) is 102 Å². The first kappa shape index (κ1) is 16.4. The van der Waals surface area contributed by atoms with Crippen LogP contribution in [0.4, 0.5) is 0 Å². The Kier molecular flexibility index (Phi) is 5.69. The van der Waals surface area contributed by atoms with Gasteiger partial charge in [-0.2, -0.15) is 14.0 Å². The van der Waals surface area contributed by atoms with Gasteiger partial charge in [-0.1, -0.05) is 36.8 Å². The van der Waals surface area contributed by atoms with Crippen LogP contribution in [0.15, 0.2) is 30.3 Å². The molecule has 0 bridgehead atoms. The summed E-state index contributed by atoms with van der Waals surface area (Å²) in [5.41, 5.74) is 2.63. The summed E-state index contributed by atoms with van der Waals surface area (Å²) in [6.07, 6.45) is 6.43. The van der Waals surface area contributed by atoms with Crippen LogP contribution in [0, 0.1) is 10.2 Å². The molecular weight excluding hydrogens is 314 g/mol. The fourth-order valence-electron chi connectivity index (χ4n) is 2.23. The number of hydrogen-bond donors (Lipinski definition) is 1. The monoisotopic (exact) mass is 329 g/mol. The predicted molar refractivity (Wildman–Crippen MR) is 71.0 cm³/mol. The van der Waals surface area contributed by atoms with Crippen molar-refractivity contribution in [2.75, 3.05) is 0 Å². The number of benzene rings is 1.